The fourth-order valence-electron chi connectivity index (χ4n) is 1.30. The van der Waals surface area contributed by atoms with E-state index >= 15 is 0 Å². The van der Waals surface area contributed by atoms with Gasteiger partial charge in [0.2, 0.25) is 0 Å². The summed E-state index contributed by atoms with van der Waals surface area (Å²) in [5.74, 6) is 0.770. The monoisotopic (exact) mass is 177 g/mol. The SMILES string of the molecule is CCc1cccc(CCC(C)C)n1. The van der Waals surface area contributed by atoms with Gasteiger partial charge in [-0.2, -0.15) is 0 Å². The molecular formula is C12H19N. The van der Waals surface area contributed by atoms with Gasteiger partial charge < -0.3 is 0 Å². The van der Waals surface area contributed by atoms with E-state index in [9.17, 15) is 0 Å². The van der Waals surface area contributed by atoms with Crippen molar-refractivity contribution < 1.29 is 0 Å². The lowest BCUT2D eigenvalue weighted by atomic mass is 10.1. The third-order valence-electron chi connectivity index (χ3n) is 2.20. The van der Waals surface area contributed by atoms with E-state index in [1.54, 1.807) is 0 Å². The predicted molar refractivity (Wildman–Crippen MR) is 56.8 cm³/mol. The fourth-order valence-corrected chi connectivity index (χ4v) is 1.30. The van der Waals surface area contributed by atoms with Crippen molar-refractivity contribution in [3.63, 3.8) is 0 Å². The number of rotatable bonds is 4. The molecule has 0 bridgehead atoms. The Hall–Kier alpha value is -0.850. The van der Waals surface area contributed by atoms with Crippen LogP contribution in [-0.4, -0.2) is 4.98 Å². The van der Waals surface area contributed by atoms with Crippen molar-refractivity contribution in [2.75, 3.05) is 0 Å². The zero-order valence-electron chi connectivity index (χ0n) is 8.88. The molecule has 0 amide bonds. The smallest absolute Gasteiger partial charge is 0.0407 e. The Kier molecular flexibility index (Phi) is 3.94. The predicted octanol–water partition coefficient (Wildman–Crippen LogP) is 3.23. The maximum absolute atomic E-state index is 4.56. The highest BCUT2D eigenvalue weighted by Gasteiger charge is 1.98. The molecule has 0 unspecified atom stereocenters. The number of aromatic nitrogens is 1. The summed E-state index contributed by atoms with van der Waals surface area (Å²) in [6, 6.07) is 6.34. The van der Waals surface area contributed by atoms with Crippen LogP contribution in [0, 0.1) is 5.92 Å². The minimum Gasteiger partial charge on any atom is -0.258 e. The van der Waals surface area contributed by atoms with Crippen LogP contribution in [0.1, 0.15) is 38.6 Å². The van der Waals surface area contributed by atoms with Crippen molar-refractivity contribution in [1.29, 1.82) is 0 Å². The summed E-state index contributed by atoms with van der Waals surface area (Å²) < 4.78 is 0. The van der Waals surface area contributed by atoms with Crippen molar-refractivity contribution >= 4 is 0 Å². The van der Waals surface area contributed by atoms with E-state index in [2.05, 4.69) is 44.0 Å². The molecule has 72 valence electrons. The molecule has 13 heavy (non-hydrogen) atoms. The topological polar surface area (TPSA) is 12.9 Å². The van der Waals surface area contributed by atoms with Gasteiger partial charge >= 0.3 is 0 Å². The van der Waals surface area contributed by atoms with Crippen LogP contribution in [0.15, 0.2) is 18.2 Å². The molecule has 1 heteroatoms. The van der Waals surface area contributed by atoms with Crippen LogP contribution in [0.3, 0.4) is 0 Å². The van der Waals surface area contributed by atoms with Gasteiger partial charge in [0.05, 0.1) is 0 Å². The van der Waals surface area contributed by atoms with Crippen LogP contribution < -0.4 is 0 Å². The molecule has 0 saturated carbocycles. The molecule has 0 atom stereocenters. The lowest BCUT2D eigenvalue weighted by Crippen LogP contribution is -1.97. The molecular weight excluding hydrogens is 158 g/mol. The summed E-state index contributed by atoms with van der Waals surface area (Å²) in [6.45, 7) is 6.65. The van der Waals surface area contributed by atoms with Crippen LogP contribution in [-0.2, 0) is 12.8 Å². The Morgan fingerprint density at radius 3 is 2.54 bits per heavy atom. The first kappa shape index (κ1) is 10.2. The molecule has 1 nitrogen and oxygen atoms in total. The Labute approximate surface area is 81.2 Å². The zero-order chi connectivity index (χ0) is 9.68. The van der Waals surface area contributed by atoms with E-state index in [0.717, 1.165) is 18.8 Å². The van der Waals surface area contributed by atoms with Gasteiger partial charge in [-0.25, -0.2) is 0 Å². The normalized spacial score (nSPS) is 10.8. The molecule has 0 aliphatic carbocycles. The maximum atomic E-state index is 4.56. The van der Waals surface area contributed by atoms with Gasteiger partial charge in [-0.3, -0.25) is 4.98 Å². The van der Waals surface area contributed by atoms with Gasteiger partial charge in [0.25, 0.3) is 0 Å². The van der Waals surface area contributed by atoms with E-state index in [-0.39, 0.29) is 0 Å². The molecule has 1 rings (SSSR count). The highest BCUT2D eigenvalue weighted by Crippen LogP contribution is 2.07. The molecule has 1 aromatic rings. The van der Waals surface area contributed by atoms with Crippen molar-refractivity contribution in [3.8, 4) is 0 Å². The van der Waals surface area contributed by atoms with Crippen LogP contribution >= 0.6 is 0 Å². The summed E-state index contributed by atoms with van der Waals surface area (Å²) in [5, 5.41) is 0. The number of nitrogens with zero attached hydrogens (tertiary/aromatic N) is 1. The molecule has 0 N–H and O–H groups in total. The van der Waals surface area contributed by atoms with Crippen LogP contribution in [0.5, 0.6) is 0 Å². The standard InChI is InChI=1S/C12H19N/c1-4-11-6-5-7-12(13-11)9-8-10(2)3/h5-7,10H,4,8-9H2,1-3H3. The molecule has 0 aliphatic rings. The molecule has 0 radical (unpaired) electrons. The summed E-state index contributed by atoms with van der Waals surface area (Å²) >= 11 is 0. The average molecular weight is 177 g/mol. The zero-order valence-corrected chi connectivity index (χ0v) is 8.88. The van der Waals surface area contributed by atoms with E-state index in [1.807, 2.05) is 0 Å². The highest BCUT2D eigenvalue weighted by atomic mass is 14.7. The summed E-state index contributed by atoms with van der Waals surface area (Å²) in [4.78, 5) is 4.56. The molecule has 0 aliphatic heterocycles. The summed E-state index contributed by atoms with van der Waals surface area (Å²) in [7, 11) is 0. The van der Waals surface area contributed by atoms with E-state index in [0.29, 0.717) is 0 Å². The Bertz CT molecular complexity index is 253. The third-order valence-corrected chi connectivity index (χ3v) is 2.20. The van der Waals surface area contributed by atoms with Crippen molar-refractivity contribution in [2.45, 2.75) is 40.0 Å². The Morgan fingerprint density at radius 1 is 1.23 bits per heavy atom. The first-order chi connectivity index (χ1) is 6.22. The first-order valence-corrected chi connectivity index (χ1v) is 5.17. The van der Waals surface area contributed by atoms with Gasteiger partial charge in [-0.1, -0.05) is 26.8 Å². The molecule has 1 heterocycles. The Morgan fingerprint density at radius 2 is 1.92 bits per heavy atom. The average Bonchev–Trinajstić information content (AvgIpc) is 2.15. The number of aryl methyl sites for hydroxylation is 2. The van der Waals surface area contributed by atoms with Crippen LogP contribution in [0.2, 0.25) is 0 Å². The minimum absolute atomic E-state index is 0.770. The largest absolute Gasteiger partial charge is 0.258 e. The lowest BCUT2D eigenvalue weighted by Gasteiger charge is -2.04. The lowest BCUT2D eigenvalue weighted by molar-refractivity contribution is 0.580. The maximum Gasteiger partial charge on any atom is 0.0407 e. The number of hydrogen-bond acceptors (Lipinski definition) is 1. The van der Waals surface area contributed by atoms with E-state index < -0.39 is 0 Å². The first-order valence-electron chi connectivity index (χ1n) is 5.17. The van der Waals surface area contributed by atoms with Crippen LogP contribution in [0.4, 0.5) is 0 Å². The van der Waals surface area contributed by atoms with Gasteiger partial charge in [-0.15, -0.1) is 0 Å². The van der Waals surface area contributed by atoms with E-state index in [4.69, 9.17) is 0 Å². The quantitative estimate of drug-likeness (QED) is 0.688. The number of pyridine rings is 1. The molecule has 0 saturated heterocycles. The van der Waals surface area contributed by atoms with Crippen LogP contribution in [0.25, 0.3) is 0 Å². The van der Waals surface area contributed by atoms with Crippen molar-refractivity contribution in [2.24, 2.45) is 5.92 Å². The molecule has 0 aromatic carbocycles. The molecule has 0 fully saturated rings. The van der Waals surface area contributed by atoms with Gasteiger partial charge in [0, 0.05) is 11.4 Å². The summed E-state index contributed by atoms with van der Waals surface area (Å²) in [6.07, 6.45) is 3.39. The Balaban J connectivity index is 2.56. The highest BCUT2D eigenvalue weighted by molar-refractivity contribution is 5.11. The van der Waals surface area contributed by atoms with E-state index in [1.165, 1.54) is 17.8 Å². The second-order valence-electron chi connectivity index (χ2n) is 3.91. The minimum atomic E-state index is 0.770. The second-order valence-corrected chi connectivity index (χ2v) is 3.91. The van der Waals surface area contributed by atoms with Crippen molar-refractivity contribution in [1.82, 2.24) is 4.98 Å². The third kappa shape index (κ3) is 3.58. The fraction of sp³-hybridized carbons (Fsp3) is 0.583. The second kappa shape index (κ2) is 5.00. The van der Waals surface area contributed by atoms with Crippen molar-refractivity contribution in [3.05, 3.63) is 29.6 Å². The number of hydrogen-bond donors (Lipinski definition) is 0. The van der Waals surface area contributed by atoms with Gasteiger partial charge in [0.1, 0.15) is 0 Å². The summed E-state index contributed by atoms with van der Waals surface area (Å²) in [5.41, 5.74) is 2.45. The van der Waals surface area contributed by atoms with Gasteiger partial charge in [-0.05, 0) is 37.3 Å². The molecule has 0 spiro atoms. The van der Waals surface area contributed by atoms with Gasteiger partial charge in [0.15, 0.2) is 0 Å². The molecule has 1 aromatic heterocycles.